The Morgan fingerprint density at radius 1 is 1.28 bits per heavy atom. The van der Waals surface area contributed by atoms with Crippen LogP contribution in [0.5, 0.6) is 0 Å². The van der Waals surface area contributed by atoms with Crippen LogP contribution in [0, 0.1) is 0 Å². The second-order valence-corrected chi connectivity index (χ2v) is 5.97. The Bertz CT molecular complexity index is 1210. The van der Waals surface area contributed by atoms with Crippen molar-refractivity contribution in [1.82, 2.24) is 30.0 Å². The summed E-state index contributed by atoms with van der Waals surface area (Å²) >= 11 is 0. The summed E-state index contributed by atoms with van der Waals surface area (Å²) in [6.45, 7) is 3.92. The molecule has 0 spiro atoms. The minimum Gasteiger partial charge on any atom is -0.423 e. The summed E-state index contributed by atoms with van der Waals surface area (Å²) in [7, 11) is 0. The van der Waals surface area contributed by atoms with E-state index in [4.69, 9.17) is 10.2 Å². The van der Waals surface area contributed by atoms with Crippen LogP contribution in [0.1, 0.15) is 10.5 Å². The highest BCUT2D eigenvalue weighted by molar-refractivity contribution is 6.12. The Labute approximate surface area is 163 Å². The van der Waals surface area contributed by atoms with Gasteiger partial charge in [0.1, 0.15) is 17.7 Å². The van der Waals surface area contributed by atoms with Gasteiger partial charge in [0.05, 0.1) is 11.9 Å². The standard InChI is InChI=1S/C18H16N8O3/c1-2-12(27)20-7-8-26-16-13(15(19)21-9-22-16)14(25-26)17(28)24-18-23-10-5-3-4-6-11(10)29-18/h2-6,9H,1,7-8H2,(H,20,27)(H2,19,21,22)(H,23,24,28). The van der Waals surface area contributed by atoms with Crippen LogP contribution in [0.4, 0.5) is 11.8 Å². The number of nitrogens with one attached hydrogen (secondary N) is 2. The fourth-order valence-corrected chi connectivity index (χ4v) is 2.78. The molecule has 1 aromatic carbocycles. The molecule has 0 bridgehead atoms. The molecule has 146 valence electrons. The summed E-state index contributed by atoms with van der Waals surface area (Å²) in [5.74, 6) is -0.777. The Morgan fingerprint density at radius 2 is 2.10 bits per heavy atom. The quantitative estimate of drug-likeness (QED) is 0.412. The first-order valence-electron chi connectivity index (χ1n) is 8.61. The highest BCUT2D eigenvalue weighted by Crippen LogP contribution is 2.23. The number of amides is 2. The van der Waals surface area contributed by atoms with E-state index in [2.05, 4.69) is 37.3 Å². The van der Waals surface area contributed by atoms with Gasteiger partial charge in [0, 0.05) is 6.54 Å². The highest BCUT2D eigenvalue weighted by atomic mass is 16.4. The predicted octanol–water partition coefficient (Wildman–Crippen LogP) is 1.10. The van der Waals surface area contributed by atoms with E-state index in [0.717, 1.165) is 0 Å². The van der Waals surface area contributed by atoms with Crippen molar-refractivity contribution < 1.29 is 14.0 Å². The molecule has 11 nitrogen and oxygen atoms in total. The number of hydrogen-bond acceptors (Lipinski definition) is 8. The topological polar surface area (TPSA) is 154 Å². The number of hydrogen-bond donors (Lipinski definition) is 3. The van der Waals surface area contributed by atoms with Gasteiger partial charge in [-0.15, -0.1) is 0 Å². The molecule has 0 fully saturated rings. The third kappa shape index (κ3) is 3.48. The first-order valence-corrected chi connectivity index (χ1v) is 8.61. The number of anilines is 2. The van der Waals surface area contributed by atoms with Crippen molar-refractivity contribution >= 4 is 45.8 Å². The van der Waals surface area contributed by atoms with Crippen LogP contribution < -0.4 is 16.4 Å². The lowest BCUT2D eigenvalue weighted by atomic mass is 10.2. The van der Waals surface area contributed by atoms with Crippen LogP contribution in [0.15, 0.2) is 47.7 Å². The van der Waals surface area contributed by atoms with Gasteiger partial charge in [-0.3, -0.25) is 14.9 Å². The lowest BCUT2D eigenvalue weighted by molar-refractivity contribution is -0.116. The van der Waals surface area contributed by atoms with Crippen LogP contribution in [0.25, 0.3) is 22.1 Å². The maximum atomic E-state index is 12.8. The van der Waals surface area contributed by atoms with E-state index in [1.807, 2.05) is 6.07 Å². The smallest absolute Gasteiger partial charge is 0.302 e. The molecular formula is C18H16N8O3. The summed E-state index contributed by atoms with van der Waals surface area (Å²) in [4.78, 5) is 36.5. The lowest BCUT2D eigenvalue weighted by Gasteiger charge is -2.03. The van der Waals surface area contributed by atoms with Crippen LogP contribution in [-0.2, 0) is 11.3 Å². The first kappa shape index (κ1) is 18.1. The molecular weight excluding hydrogens is 376 g/mol. The largest absolute Gasteiger partial charge is 0.423 e. The van der Waals surface area contributed by atoms with E-state index in [0.29, 0.717) is 22.1 Å². The summed E-state index contributed by atoms with van der Waals surface area (Å²) in [6.07, 6.45) is 2.45. The molecule has 29 heavy (non-hydrogen) atoms. The van der Waals surface area contributed by atoms with Gasteiger partial charge in [0.15, 0.2) is 16.9 Å². The molecule has 0 saturated carbocycles. The van der Waals surface area contributed by atoms with Crippen LogP contribution >= 0.6 is 0 Å². The van der Waals surface area contributed by atoms with Gasteiger partial charge in [0.25, 0.3) is 5.91 Å². The van der Waals surface area contributed by atoms with E-state index in [-0.39, 0.29) is 36.5 Å². The zero-order valence-electron chi connectivity index (χ0n) is 15.1. The number of para-hydroxylation sites is 2. The van der Waals surface area contributed by atoms with Gasteiger partial charge in [0.2, 0.25) is 5.91 Å². The van der Waals surface area contributed by atoms with Gasteiger partial charge >= 0.3 is 6.01 Å². The van der Waals surface area contributed by atoms with E-state index in [1.165, 1.54) is 17.1 Å². The SMILES string of the molecule is C=CC(=O)NCCn1nc(C(=O)Nc2nc3ccccc3o2)c2c(N)ncnc21. The molecule has 0 aliphatic carbocycles. The number of nitrogens with two attached hydrogens (primary N) is 1. The molecule has 11 heteroatoms. The molecule has 4 rings (SSSR count). The zero-order chi connectivity index (χ0) is 20.4. The molecule has 0 unspecified atom stereocenters. The minimum absolute atomic E-state index is 0.0235. The molecule has 3 aromatic heterocycles. The fourth-order valence-electron chi connectivity index (χ4n) is 2.78. The van der Waals surface area contributed by atoms with Crippen molar-refractivity contribution in [3.63, 3.8) is 0 Å². The second kappa shape index (κ2) is 7.38. The molecule has 2 amide bonds. The first-order chi connectivity index (χ1) is 14.1. The molecule has 0 atom stereocenters. The highest BCUT2D eigenvalue weighted by Gasteiger charge is 2.22. The molecule has 0 aliphatic rings. The van der Waals surface area contributed by atoms with Gasteiger partial charge in [-0.2, -0.15) is 10.1 Å². The molecule has 4 N–H and O–H groups in total. The number of benzene rings is 1. The van der Waals surface area contributed by atoms with Gasteiger partial charge in [-0.05, 0) is 18.2 Å². The predicted molar refractivity (Wildman–Crippen MR) is 105 cm³/mol. The number of nitrogens with zero attached hydrogens (tertiary/aromatic N) is 5. The average Bonchev–Trinajstić information content (AvgIpc) is 3.29. The normalized spacial score (nSPS) is 10.9. The van der Waals surface area contributed by atoms with Crippen molar-refractivity contribution in [2.75, 3.05) is 17.6 Å². The van der Waals surface area contributed by atoms with Gasteiger partial charge in [-0.1, -0.05) is 18.7 Å². The van der Waals surface area contributed by atoms with E-state index >= 15 is 0 Å². The Kier molecular flexibility index (Phi) is 4.61. The van der Waals surface area contributed by atoms with Crippen LogP contribution in [0.3, 0.4) is 0 Å². The monoisotopic (exact) mass is 392 g/mol. The average molecular weight is 392 g/mol. The van der Waals surface area contributed by atoms with Gasteiger partial charge in [-0.25, -0.2) is 14.6 Å². The number of carbonyl (C=O) groups excluding carboxylic acids is 2. The van der Waals surface area contributed by atoms with Crippen molar-refractivity contribution in [2.45, 2.75) is 6.54 Å². The Hall–Kier alpha value is -4.28. The van der Waals surface area contributed by atoms with Crippen molar-refractivity contribution in [3.8, 4) is 0 Å². The third-order valence-corrected chi connectivity index (χ3v) is 4.10. The van der Waals surface area contributed by atoms with Gasteiger partial charge < -0.3 is 15.5 Å². The molecule has 0 radical (unpaired) electrons. The summed E-state index contributed by atoms with van der Waals surface area (Å²) in [5.41, 5.74) is 7.50. The van der Waals surface area contributed by atoms with Crippen LogP contribution in [0.2, 0.25) is 0 Å². The zero-order valence-corrected chi connectivity index (χ0v) is 15.1. The number of rotatable bonds is 6. The van der Waals surface area contributed by atoms with Crippen LogP contribution in [-0.4, -0.2) is 43.1 Å². The summed E-state index contributed by atoms with van der Waals surface area (Å²) < 4.78 is 6.99. The van der Waals surface area contributed by atoms with Crippen molar-refractivity contribution in [3.05, 3.63) is 48.9 Å². The lowest BCUT2D eigenvalue weighted by Crippen LogP contribution is -2.25. The molecule has 0 saturated heterocycles. The third-order valence-electron chi connectivity index (χ3n) is 4.10. The van der Waals surface area contributed by atoms with E-state index in [9.17, 15) is 9.59 Å². The number of oxazole rings is 1. The summed E-state index contributed by atoms with van der Waals surface area (Å²) in [5, 5.41) is 9.81. The van der Waals surface area contributed by atoms with E-state index in [1.54, 1.807) is 18.2 Å². The molecule has 0 aliphatic heterocycles. The maximum absolute atomic E-state index is 12.8. The summed E-state index contributed by atoms with van der Waals surface area (Å²) in [6, 6.07) is 7.16. The Balaban J connectivity index is 1.64. The molecule has 3 heterocycles. The number of nitrogen functional groups attached to an aromatic ring is 1. The fraction of sp³-hybridized carbons (Fsp3) is 0.111. The number of fused-ring (bicyclic) bond motifs is 2. The molecule has 4 aromatic rings. The minimum atomic E-state index is -0.572. The maximum Gasteiger partial charge on any atom is 0.302 e. The van der Waals surface area contributed by atoms with Crippen molar-refractivity contribution in [2.24, 2.45) is 0 Å². The van der Waals surface area contributed by atoms with E-state index < -0.39 is 5.91 Å². The van der Waals surface area contributed by atoms with Crippen molar-refractivity contribution in [1.29, 1.82) is 0 Å². The second-order valence-electron chi connectivity index (χ2n) is 5.97. The number of carbonyl (C=O) groups is 2. The number of aromatic nitrogens is 5. The Morgan fingerprint density at radius 3 is 2.90 bits per heavy atom.